The fourth-order valence-electron chi connectivity index (χ4n) is 10.5. The van der Waals surface area contributed by atoms with E-state index >= 15 is 0 Å². The summed E-state index contributed by atoms with van der Waals surface area (Å²) in [5.74, 6) is 0. The molecule has 0 aliphatic heterocycles. The van der Waals surface area contributed by atoms with E-state index in [1.807, 2.05) is 0 Å². The predicted molar refractivity (Wildman–Crippen MR) is 274 cm³/mol. The molecule has 9 rings (SSSR count). The zero-order valence-corrected chi connectivity index (χ0v) is 41.1. The molecule has 0 heterocycles. The Morgan fingerprint density at radius 3 is 1.22 bits per heavy atom. The van der Waals surface area contributed by atoms with Crippen LogP contribution in [0.5, 0.6) is 0 Å². The Morgan fingerprint density at radius 2 is 0.778 bits per heavy atom. The van der Waals surface area contributed by atoms with E-state index in [4.69, 9.17) is 0 Å². The van der Waals surface area contributed by atoms with Gasteiger partial charge in [-0.3, -0.25) is 0 Å². The average molecular weight is 828 g/mol. The third-order valence-corrected chi connectivity index (χ3v) is 14.7. The first-order chi connectivity index (χ1) is 29.3. The molecular weight excluding hydrogens is 759 g/mol. The number of nitrogens with zero attached hydrogens (tertiary/aromatic N) is 1. The molecule has 1 heteroatoms. The lowest BCUT2D eigenvalue weighted by Gasteiger charge is -2.35. The highest BCUT2D eigenvalue weighted by molar-refractivity contribution is 6.02. The van der Waals surface area contributed by atoms with Crippen molar-refractivity contribution in [3.05, 3.63) is 172 Å². The predicted octanol–water partition coefficient (Wildman–Crippen LogP) is 17.8. The van der Waals surface area contributed by atoms with E-state index in [1.165, 1.54) is 100 Å². The number of rotatable bonds is 4. The minimum absolute atomic E-state index is 0.0398. The summed E-state index contributed by atoms with van der Waals surface area (Å²) in [6.07, 6.45) is 0. The summed E-state index contributed by atoms with van der Waals surface area (Å²) in [7, 11) is 0. The van der Waals surface area contributed by atoms with Gasteiger partial charge in [0.25, 0.3) is 0 Å². The van der Waals surface area contributed by atoms with Crippen LogP contribution in [0, 0.1) is 0 Å². The first kappa shape index (κ1) is 42.9. The van der Waals surface area contributed by atoms with Gasteiger partial charge in [-0.05, 0) is 123 Å². The molecule has 0 saturated heterocycles. The van der Waals surface area contributed by atoms with Crippen molar-refractivity contribution in [2.45, 2.75) is 143 Å². The smallest absolute Gasteiger partial charge is 0.0546 e. The van der Waals surface area contributed by atoms with E-state index in [9.17, 15) is 0 Å². The van der Waals surface area contributed by atoms with Gasteiger partial charge in [0.2, 0.25) is 0 Å². The maximum atomic E-state index is 2.67. The molecule has 0 N–H and O–H groups in total. The Hall–Kier alpha value is -5.40. The summed E-state index contributed by atoms with van der Waals surface area (Å²) in [6, 6.07) is 49.8. The largest absolute Gasteiger partial charge is 0.309 e. The SMILES string of the molecule is CC(C)(C)c1ccc2c(c1)C(C)(C)c1cc(C(C)(C)C)cc(N(c3ccc(-c4cccc5ccccc45)cc3)c3cc(C(C)(C)C)cc4c3-c3ccc(C(C)(C)C)cc3C4(C)C)c1-2. The van der Waals surface area contributed by atoms with Gasteiger partial charge in [0.05, 0.1) is 11.4 Å². The van der Waals surface area contributed by atoms with E-state index in [0.29, 0.717) is 0 Å². The fourth-order valence-corrected chi connectivity index (χ4v) is 10.5. The molecule has 0 radical (unpaired) electrons. The van der Waals surface area contributed by atoms with Crippen molar-refractivity contribution >= 4 is 27.8 Å². The van der Waals surface area contributed by atoms with Gasteiger partial charge in [-0.15, -0.1) is 0 Å². The van der Waals surface area contributed by atoms with Gasteiger partial charge in [-0.1, -0.05) is 214 Å². The number of fused-ring (bicyclic) bond motifs is 7. The van der Waals surface area contributed by atoms with Crippen LogP contribution in [0.4, 0.5) is 17.1 Å². The Kier molecular flexibility index (Phi) is 9.56. The maximum Gasteiger partial charge on any atom is 0.0546 e. The average Bonchev–Trinajstić information content (AvgIpc) is 3.58. The fraction of sp³-hybridized carbons (Fsp3) is 0.355. The molecule has 0 amide bonds. The lowest BCUT2D eigenvalue weighted by Crippen LogP contribution is -2.22. The number of benzene rings is 7. The molecule has 63 heavy (non-hydrogen) atoms. The number of hydrogen-bond donors (Lipinski definition) is 0. The minimum Gasteiger partial charge on any atom is -0.309 e. The molecular formula is C62H69N. The molecule has 7 aromatic rings. The van der Waals surface area contributed by atoms with Gasteiger partial charge < -0.3 is 4.90 Å². The Bertz CT molecular complexity index is 2810. The van der Waals surface area contributed by atoms with Crippen LogP contribution < -0.4 is 4.90 Å². The van der Waals surface area contributed by atoms with Crippen LogP contribution in [0.1, 0.15) is 155 Å². The summed E-state index contributed by atoms with van der Waals surface area (Å²) in [4.78, 5) is 2.67. The van der Waals surface area contributed by atoms with Gasteiger partial charge in [-0.25, -0.2) is 0 Å². The van der Waals surface area contributed by atoms with Gasteiger partial charge >= 0.3 is 0 Å². The molecule has 322 valence electrons. The monoisotopic (exact) mass is 828 g/mol. The Balaban J connectivity index is 1.41. The summed E-state index contributed by atoms with van der Waals surface area (Å²) >= 11 is 0. The van der Waals surface area contributed by atoms with Gasteiger partial charge in [-0.2, -0.15) is 0 Å². The van der Waals surface area contributed by atoms with Gasteiger partial charge in [0.15, 0.2) is 0 Å². The minimum atomic E-state index is -0.195. The van der Waals surface area contributed by atoms with Crippen molar-refractivity contribution in [3.8, 4) is 33.4 Å². The van der Waals surface area contributed by atoms with Crippen molar-refractivity contribution in [1.29, 1.82) is 0 Å². The highest BCUT2D eigenvalue weighted by Crippen LogP contribution is 2.60. The third-order valence-electron chi connectivity index (χ3n) is 14.7. The second-order valence-corrected chi connectivity index (χ2v) is 24.0. The standard InChI is InChI=1S/C62H69N/c1-57(2,3)40-26-30-47-49(32-40)61(13,14)51-34-42(59(7,8)9)36-53(55(47)51)63(44-28-24-39(25-29-44)46-23-19-21-38-20-17-18-22-45(38)46)54-37-43(60(10,11)12)35-52-56(54)48-31-27-41(58(4,5)6)33-50(48)62(52,15)16/h17-37H,1-16H3. The van der Waals surface area contributed by atoms with Gasteiger partial charge in [0.1, 0.15) is 0 Å². The molecule has 7 aromatic carbocycles. The molecule has 0 spiro atoms. The molecule has 0 unspecified atom stereocenters. The molecule has 0 atom stereocenters. The van der Waals surface area contributed by atoms with Crippen LogP contribution in [0.3, 0.4) is 0 Å². The molecule has 2 aliphatic rings. The Labute approximate surface area is 379 Å². The zero-order valence-electron chi connectivity index (χ0n) is 41.1. The van der Waals surface area contributed by atoms with Crippen molar-refractivity contribution < 1.29 is 0 Å². The summed E-state index contributed by atoms with van der Waals surface area (Å²) in [5, 5.41) is 2.54. The van der Waals surface area contributed by atoms with Crippen molar-refractivity contribution in [3.63, 3.8) is 0 Å². The first-order valence-electron chi connectivity index (χ1n) is 23.3. The second kappa shape index (κ2) is 14.0. The highest BCUT2D eigenvalue weighted by atomic mass is 15.1. The molecule has 0 aromatic heterocycles. The molecule has 0 fully saturated rings. The topological polar surface area (TPSA) is 3.24 Å². The third kappa shape index (κ3) is 6.97. The quantitative estimate of drug-likeness (QED) is 0.171. The van der Waals surface area contributed by atoms with Crippen LogP contribution in [0.25, 0.3) is 44.2 Å². The second-order valence-electron chi connectivity index (χ2n) is 24.0. The van der Waals surface area contributed by atoms with Gasteiger partial charge in [0, 0.05) is 27.6 Å². The lowest BCUT2D eigenvalue weighted by atomic mass is 9.77. The molecule has 0 bridgehead atoms. The summed E-state index contributed by atoms with van der Waals surface area (Å²) in [5.41, 5.74) is 22.1. The molecule has 1 nitrogen and oxygen atoms in total. The summed E-state index contributed by atoms with van der Waals surface area (Å²) < 4.78 is 0. The number of hydrogen-bond acceptors (Lipinski definition) is 1. The van der Waals surface area contributed by atoms with Crippen LogP contribution in [0.15, 0.2) is 127 Å². The van der Waals surface area contributed by atoms with E-state index in [0.717, 1.165) is 5.69 Å². The number of anilines is 3. The van der Waals surface area contributed by atoms with E-state index < -0.39 is 0 Å². The first-order valence-corrected chi connectivity index (χ1v) is 23.3. The zero-order chi connectivity index (χ0) is 45.4. The highest BCUT2D eigenvalue weighted by Gasteiger charge is 2.43. The van der Waals surface area contributed by atoms with E-state index in [-0.39, 0.29) is 32.5 Å². The van der Waals surface area contributed by atoms with Crippen LogP contribution in [-0.2, 0) is 32.5 Å². The summed E-state index contributed by atoms with van der Waals surface area (Å²) in [6.45, 7) is 38.1. The van der Waals surface area contributed by atoms with Crippen molar-refractivity contribution in [1.82, 2.24) is 0 Å². The van der Waals surface area contributed by atoms with Crippen molar-refractivity contribution in [2.24, 2.45) is 0 Å². The van der Waals surface area contributed by atoms with Crippen LogP contribution in [-0.4, -0.2) is 0 Å². The molecule has 2 aliphatic carbocycles. The maximum absolute atomic E-state index is 2.67. The van der Waals surface area contributed by atoms with E-state index in [1.54, 1.807) is 0 Å². The van der Waals surface area contributed by atoms with Crippen LogP contribution in [0.2, 0.25) is 0 Å². The Morgan fingerprint density at radius 1 is 0.365 bits per heavy atom. The van der Waals surface area contributed by atoms with Crippen LogP contribution >= 0.6 is 0 Å². The van der Waals surface area contributed by atoms with Crippen molar-refractivity contribution in [2.75, 3.05) is 4.90 Å². The molecule has 0 saturated carbocycles. The normalized spacial score (nSPS) is 15.2. The lowest BCUT2D eigenvalue weighted by molar-refractivity contribution is 0.580. The van der Waals surface area contributed by atoms with E-state index in [2.05, 4.69) is 243 Å².